The number of rotatable bonds is 7. The lowest BCUT2D eigenvalue weighted by molar-refractivity contribution is -0.121. The second-order valence-electron chi connectivity index (χ2n) is 5.83. The number of ether oxygens (including phenoxy) is 1. The van der Waals surface area contributed by atoms with Gasteiger partial charge in [-0.15, -0.1) is 0 Å². The molecular formula is C19H19FN2O3. The van der Waals surface area contributed by atoms with Crippen LogP contribution >= 0.6 is 0 Å². The molecular weight excluding hydrogens is 323 g/mol. The van der Waals surface area contributed by atoms with E-state index in [1.54, 1.807) is 31.2 Å². The highest BCUT2D eigenvalue weighted by atomic mass is 19.1. The van der Waals surface area contributed by atoms with E-state index in [1.165, 1.54) is 24.3 Å². The Morgan fingerprint density at radius 1 is 1.32 bits per heavy atom. The highest BCUT2D eigenvalue weighted by molar-refractivity contribution is 5.78. The van der Waals surface area contributed by atoms with E-state index in [0.717, 1.165) is 5.56 Å². The average molecular weight is 342 g/mol. The molecule has 130 valence electrons. The fourth-order valence-electron chi connectivity index (χ4n) is 2.29. The summed E-state index contributed by atoms with van der Waals surface area (Å²) in [6.45, 7) is 1.50. The predicted octanol–water partition coefficient (Wildman–Crippen LogP) is 2.29. The van der Waals surface area contributed by atoms with Crippen LogP contribution in [0.1, 0.15) is 18.1 Å². The number of aliphatic hydroxyl groups is 1. The molecule has 25 heavy (non-hydrogen) atoms. The molecule has 1 atom stereocenters. The predicted molar refractivity (Wildman–Crippen MR) is 90.2 cm³/mol. The van der Waals surface area contributed by atoms with E-state index in [0.29, 0.717) is 11.3 Å². The lowest BCUT2D eigenvalue weighted by Crippen LogP contribution is -2.39. The number of halogens is 1. The molecule has 2 aromatic rings. The average Bonchev–Trinajstić information content (AvgIpc) is 2.59. The Kier molecular flexibility index (Phi) is 6.09. The van der Waals surface area contributed by atoms with Gasteiger partial charge in [0.15, 0.2) is 6.61 Å². The van der Waals surface area contributed by atoms with Gasteiger partial charge in [0.1, 0.15) is 23.2 Å². The van der Waals surface area contributed by atoms with Gasteiger partial charge in [0, 0.05) is 0 Å². The van der Waals surface area contributed by atoms with E-state index in [4.69, 9.17) is 10.00 Å². The van der Waals surface area contributed by atoms with Gasteiger partial charge in [-0.1, -0.05) is 24.3 Å². The van der Waals surface area contributed by atoms with Crippen molar-refractivity contribution in [2.45, 2.75) is 18.9 Å². The molecule has 0 spiro atoms. The van der Waals surface area contributed by atoms with Gasteiger partial charge in [0.2, 0.25) is 5.91 Å². The van der Waals surface area contributed by atoms with E-state index in [9.17, 15) is 14.3 Å². The summed E-state index contributed by atoms with van der Waals surface area (Å²) in [5.74, 6) is -0.132. The lowest BCUT2D eigenvalue weighted by atomic mass is 9.96. The summed E-state index contributed by atoms with van der Waals surface area (Å²) in [7, 11) is 0. The van der Waals surface area contributed by atoms with Crippen LogP contribution in [0.5, 0.6) is 5.75 Å². The molecule has 0 fully saturated rings. The first-order valence-electron chi connectivity index (χ1n) is 7.74. The maximum Gasteiger partial charge on any atom is 0.224 e. The summed E-state index contributed by atoms with van der Waals surface area (Å²) in [6, 6.07) is 14.3. The molecule has 0 radical (unpaired) electrons. The Hall–Kier alpha value is -2.91. The van der Waals surface area contributed by atoms with E-state index in [2.05, 4.69) is 5.32 Å². The van der Waals surface area contributed by atoms with Crippen LogP contribution in [0.4, 0.5) is 4.39 Å². The molecule has 0 aliphatic carbocycles. The Morgan fingerprint density at radius 3 is 2.72 bits per heavy atom. The van der Waals surface area contributed by atoms with Crippen LogP contribution in [0.15, 0.2) is 48.5 Å². The molecule has 0 bridgehead atoms. The lowest BCUT2D eigenvalue weighted by Gasteiger charge is -2.24. The molecule has 0 saturated carbocycles. The first-order chi connectivity index (χ1) is 11.9. The molecule has 2 rings (SSSR count). The number of carbonyl (C=O) groups is 1. The van der Waals surface area contributed by atoms with Gasteiger partial charge < -0.3 is 15.2 Å². The minimum Gasteiger partial charge on any atom is -0.479 e. The standard InChI is InChI=1S/C19H19FN2O3/c1-19(24,15-5-7-16(20)8-6-15)13-22-18(23)12-14-3-2-4-17(11-14)25-10-9-21/h2-8,11,24H,10,12-13H2,1H3,(H,22,23). The van der Waals surface area contributed by atoms with E-state index < -0.39 is 5.60 Å². The number of nitrogens with one attached hydrogen (secondary N) is 1. The minimum atomic E-state index is -1.30. The van der Waals surface area contributed by atoms with Crippen molar-refractivity contribution < 1.29 is 19.0 Å². The fourth-order valence-corrected chi connectivity index (χ4v) is 2.29. The van der Waals surface area contributed by atoms with Gasteiger partial charge >= 0.3 is 0 Å². The van der Waals surface area contributed by atoms with Crippen LogP contribution in [0.2, 0.25) is 0 Å². The molecule has 5 nitrogen and oxygen atoms in total. The van der Waals surface area contributed by atoms with E-state index in [1.807, 2.05) is 6.07 Å². The van der Waals surface area contributed by atoms with Crippen molar-refractivity contribution in [3.05, 3.63) is 65.5 Å². The number of benzene rings is 2. The summed E-state index contributed by atoms with van der Waals surface area (Å²) in [6.07, 6.45) is 0.114. The molecule has 0 saturated heterocycles. The third-order valence-electron chi connectivity index (χ3n) is 3.66. The zero-order valence-electron chi connectivity index (χ0n) is 13.8. The maximum absolute atomic E-state index is 13.0. The summed E-state index contributed by atoms with van der Waals surface area (Å²) in [5, 5.41) is 21.6. The zero-order chi connectivity index (χ0) is 18.3. The number of nitriles is 1. The first-order valence-corrected chi connectivity index (χ1v) is 7.74. The monoisotopic (exact) mass is 342 g/mol. The smallest absolute Gasteiger partial charge is 0.224 e. The molecule has 1 unspecified atom stereocenters. The second kappa shape index (κ2) is 8.27. The Morgan fingerprint density at radius 2 is 2.04 bits per heavy atom. The quantitative estimate of drug-likeness (QED) is 0.809. The highest BCUT2D eigenvalue weighted by Gasteiger charge is 2.23. The van der Waals surface area contributed by atoms with Crippen molar-refractivity contribution in [2.24, 2.45) is 0 Å². The number of hydrogen-bond donors (Lipinski definition) is 2. The summed E-state index contributed by atoms with van der Waals surface area (Å²) >= 11 is 0. The molecule has 0 aromatic heterocycles. The van der Waals surface area contributed by atoms with Crippen LogP contribution in [0.25, 0.3) is 0 Å². The van der Waals surface area contributed by atoms with Crippen molar-refractivity contribution >= 4 is 5.91 Å². The van der Waals surface area contributed by atoms with Crippen LogP contribution in [-0.4, -0.2) is 24.2 Å². The highest BCUT2D eigenvalue weighted by Crippen LogP contribution is 2.20. The van der Waals surface area contributed by atoms with Crippen molar-refractivity contribution in [1.29, 1.82) is 5.26 Å². The summed E-state index contributed by atoms with van der Waals surface area (Å²) in [4.78, 5) is 12.1. The first kappa shape index (κ1) is 18.4. The van der Waals surface area contributed by atoms with Gasteiger partial charge in [-0.3, -0.25) is 4.79 Å². The van der Waals surface area contributed by atoms with Gasteiger partial charge in [-0.2, -0.15) is 5.26 Å². The van der Waals surface area contributed by atoms with Crippen molar-refractivity contribution in [1.82, 2.24) is 5.32 Å². The third kappa shape index (κ3) is 5.59. The SMILES string of the molecule is CC(O)(CNC(=O)Cc1cccc(OCC#N)c1)c1ccc(F)cc1. The number of hydrogen-bond acceptors (Lipinski definition) is 4. The fraction of sp³-hybridized carbons (Fsp3) is 0.263. The third-order valence-corrected chi connectivity index (χ3v) is 3.66. The van der Waals surface area contributed by atoms with E-state index in [-0.39, 0.29) is 31.3 Å². The van der Waals surface area contributed by atoms with Gasteiger partial charge in [0.25, 0.3) is 0 Å². The van der Waals surface area contributed by atoms with E-state index >= 15 is 0 Å². The number of amides is 1. The summed E-state index contributed by atoms with van der Waals surface area (Å²) < 4.78 is 18.2. The molecule has 0 aliphatic heterocycles. The van der Waals surface area contributed by atoms with Crippen LogP contribution in [-0.2, 0) is 16.8 Å². The largest absolute Gasteiger partial charge is 0.479 e. The number of nitrogens with zero attached hydrogens (tertiary/aromatic N) is 1. The normalized spacial score (nSPS) is 12.7. The second-order valence-corrected chi connectivity index (χ2v) is 5.83. The molecule has 6 heteroatoms. The van der Waals surface area contributed by atoms with Crippen molar-refractivity contribution in [3.8, 4) is 11.8 Å². The topological polar surface area (TPSA) is 82.3 Å². The van der Waals surface area contributed by atoms with Crippen LogP contribution < -0.4 is 10.1 Å². The maximum atomic E-state index is 13.0. The molecule has 0 heterocycles. The molecule has 2 N–H and O–H groups in total. The molecule has 0 aliphatic rings. The van der Waals surface area contributed by atoms with Crippen molar-refractivity contribution in [3.63, 3.8) is 0 Å². The Labute approximate surface area is 145 Å². The molecule has 2 aromatic carbocycles. The number of carbonyl (C=O) groups excluding carboxylic acids is 1. The van der Waals surface area contributed by atoms with Crippen LogP contribution in [0, 0.1) is 17.1 Å². The van der Waals surface area contributed by atoms with Gasteiger partial charge in [0.05, 0.1) is 13.0 Å². The van der Waals surface area contributed by atoms with Gasteiger partial charge in [-0.05, 0) is 42.3 Å². The minimum absolute atomic E-state index is 0.00207. The van der Waals surface area contributed by atoms with Crippen molar-refractivity contribution in [2.75, 3.05) is 13.2 Å². The van der Waals surface area contributed by atoms with Crippen LogP contribution in [0.3, 0.4) is 0 Å². The Bertz CT molecular complexity index is 767. The van der Waals surface area contributed by atoms with Gasteiger partial charge in [-0.25, -0.2) is 4.39 Å². The molecule has 1 amide bonds. The Balaban J connectivity index is 1.92. The summed E-state index contributed by atoms with van der Waals surface area (Å²) in [5.41, 5.74) is -0.0586. The zero-order valence-corrected chi connectivity index (χ0v) is 13.8.